The molecule has 0 aromatic rings. The number of nitrogens with one attached hydrogen (secondary N) is 1. The molecule has 0 radical (unpaired) electrons. The Hall–Kier alpha value is -1.06. The van der Waals surface area contributed by atoms with Crippen molar-refractivity contribution >= 4 is 11.8 Å². The Morgan fingerprint density at radius 1 is 1.14 bits per heavy atom. The summed E-state index contributed by atoms with van der Waals surface area (Å²) in [7, 11) is 0. The van der Waals surface area contributed by atoms with Crippen molar-refractivity contribution in [3.63, 3.8) is 0 Å². The molecule has 1 saturated heterocycles. The predicted molar refractivity (Wildman–Crippen MR) is 85.8 cm³/mol. The van der Waals surface area contributed by atoms with Gasteiger partial charge in [-0.15, -0.1) is 0 Å². The van der Waals surface area contributed by atoms with Gasteiger partial charge in [-0.25, -0.2) is 0 Å². The van der Waals surface area contributed by atoms with Crippen LogP contribution in [0.5, 0.6) is 0 Å². The molecular formula is C17H32N2O2. The fourth-order valence-corrected chi connectivity index (χ4v) is 2.64. The van der Waals surface area contributed by atoms with Gasteiger partial charge in [-0.05, 0) is 30.1 Å². The van der Waals surface area contributed by atoms with Gasteiger partial charge in [0.25, 0.3) is 0 Å². The van der Waals surface area contributed by atoms with Crippen LogP contribution in [0.4, 0.5) is 0 Å². The van der Waals surface area contributed by atoms with Gasteiger partial charge in [0, 0.05) is 6.54 Å². The van der Waals surface area contributed by atoms with Crippen LogP contribution in [0, 0.1) is 17.3 Å². The number of carbonyl (C=O) groups is 2. The largest absolute Gasteiger partial charge is 0.342 e. The summed E-state index contributed by atoms with van der Waals surface area (Å²) in [6.07, 6.45) is 1.64. The van der Waals surface area contributed by atoms with Gasteiger partial charge in [0.1, 0.15) is 12.1 Å². The lowest BCUT2D eigenvalue weighted by Crippen LogP contribution is -2.65. The number of nitrogens with zero attached hydrogens (tertiary/aromatic N) is 1. The van der Waals surface area contributed by atoms with Gasteiger partial charge >= 0.3 is 0 Å². The minimum absolute atomic E-state index is 0.0101. The van der Waals surface area contributed by atoms with Crippen LogP contribution in [-0.4, -0.2) is 35.3 Å². The van der Waals surface area contributed by atoms with Crippen LogP contribution in [0.15, 0.2) is 0 Å². The first-order valence-electron chi connectivity index (χ1n) is 8.14. The summed E-state index contributed by atoms with van der Waals surface area (Å²) in [5, 5.41) is 2.92. The van der Waals surface area contributed by atoms with Gasteiger partial charge in [0.05, 0.1) is 0 Å². The first-order valence-corrected chi connectivity index (χ1v) is 8.14. The highest BCUT2D eigenvalue weighted by molar-refractivity contribution is 5.97. The molecule has 1 heterocycles. The maximum atomic E-state index is 12.7. The van der Waals surface area contributed by atoms with Crippen LogP contribution in [0.2, 0.25) is 0 Å². The molecule has 122 valence electrons. The second-order valence-electron chi connectivity index (χ2n) is 8.22. The van der Waals surface area contributed by atoms with Crippen molar-refractivity contribution in [2.45, 2.75) is 73.4 Å². The molecule has 2 amide bonds. The molecule has 1 rings (SSSR count). The van der Waals surface area contributed by atoms with Crippen LogP contribution in [0.25, 0.3) is 0 Å². The van der Waals surface area contributed by atoms with E-state index in [4.69, 9.17) is 0 Å². The van der Waals surface area contributed by atoms with Gasteiger partial charge in [-0.2, -0.15) is 0 Å². The number of rotatable bonds is 5. The van der Waals surface area contributed by atoms with E-state index in [1.54, 1.807) is 0 Å². The van der Waals surface area contributed by atoms with Crippen molar-refractivity contribution < 1.29 is 9.59 Å². The topological polar surface area (TPSA) is 49.4 Å². The summed E-state index contributed by atoms with van der Waals surface area (Å²) in [5.41, 5.74) is 0.157. The molecule has 4 nitrogen and oxygen atoms in total. The van der Waals surface area contributed by atoms with E-state index < -0.39 is 0 Å². The molecule has 0 aliphatic carbocycles. The van der Waals surface area contributed by atoms with E-state index in [0.717, 1.165) is 12.8 Å². The Bertz CT molecular complexity index is 383. The molecule has 1 fully saturated rings. The molecule has 0 aromatic heterocycles. The van der Waals surface area contributed by atoms with E-state index in [0.29, 0.717) is 12.5 Å². The number of piperazine rings is 1. The minimum atomic E-state index is -0.374. The maximum absolute atomic E-state index is 12.7. The van der Waals surface area contributed by atoms with E-state index in [-0.39, 0.29) is 35.2 Å². The summed E-state index contributed by atoms with van der Waals surface area (Å²) in [5.74, 6) is 0.607. The standard InChI is InChI=1S/C17H32N2O2/c1-11(2)10-13-15(20)18-14(12(3)4)16(21)19(13)9-8-17(5,6)7/h11-14H,8-10H2,1-7H3,(H,18,20). The summed E-state index contributed by atoms with van der Waals surface area (Å²) in [6.45, 7) is 15.3. The smallest absolute Gasteiger partial charge is 0.246 e. The molecule has 0 spiro atoms. The average Bonchev–Trinajstić information content (AvgIpc) is 2.30. The molecule has 1 aliphatic rings. The summed E-state index contributed by atoms with van der Waals surface area (Å²) >= 11 is 0. The second-order valence-corrected chi connectivity index (χ2v) is 8.22. The second kappa shape index (κ2) is 6.80. The van der Waals surface area contributed by atoms with Gasteiger partial charge in [-0.1, -0.05) is 48.5 Å². The SMILES string of the molecule is CC(C)CC1C(=O)NC(C(C)C)C(=O)N1CCC(C)(C)C. The molecule has 0 bridgehead atoms. The number of hydrogen-bond donors (Lipinski definition) is 1. The third-order valence-corrected chi connectivity index (χ3v) is 3.99. The maximum Gasteiger partial charge on any atom is 0.246 e. The lowest BCUT2D eigenvalue weighted by atomic mass is 9.89. The van der Waals surface area contributed by atoms with Crippen molar-refractivity contribution in [1.82, 2.24) is 10.2 Å². The van der Waals surface area contributed by atoms with E-state index in [9.17, 15) is 9.59 Å². The molecule has 2 unspecified atom stereocenters. The normalized spacial score (nSPS) is 24.0. The number of hydrogen-bond acceptors (Lipinski definition) is 2. The lowest BCUT2D eigenvalue weighted by Gasteiger charge is -2.42. The zero-order valence-corrected chi connectivity index (χ0v) is 14.7. The first kappa shape index (κ1) is 18.0. The van der Waals surface area contributed by atoms with Crippen molar-refractivity contribution in [2.24, 2.45) is 17.3 Å². The Labute approximate surface area is 129 Å². The molecule has 0 saturated carbocycles. The molecule has 1 aliphatic heterocycles. The highest BCUT2D eigenvalue weighted by Crippen LogP contribution is 2.24. The molecule has 2 atom stereocenters. The van der Waals surface area contributed by atoms with Gasteiger partial charge in [0.2, 0.25) is 11.8 Å². The van der Waals surface area contributed by atoms with Gasteiger partial charge in [0.15, 0.2) is 0 Å². The Morgan fingerprint density at radius 3 is 2.14 bits per heavy atom. The summed E-state index contributed by atoms with van der Waals surface area (Å²) in [6, 6.07) is -0.685. The van der Waals surface area contributed by atoms with Crippen LogP contribution in [0.1, 0.15) is 61.3 Å². The van der Waals surface area contributed by atoms with E-state index in [2.05, 4.69) is 39.9 Å². The first-order chi connectivity index (χ1) is 9.53. The third-order valence-electron chi connectivity index (χ3n) is 3.99. The van der Waals surface area contributed by atoms with E-state index >= 15 is 0 Å². The average molecular weight is 296 g/mol. The highest BCUT2D eigenvalue weighted by atomic mass is 16.2. The predicted octanol–water partition coefficient (Wildman–Crippen LogP) is 2.82. The van der Waals surface area contributed by atoms with Crippen LogP contribution >= 0.6 is 0 Å². The van der Waals surface area contributed by atoms with Gasteiger partial charge < -0.3 is 10.2 Å². The molecule has 0 aromatic carbocycles. The highest BCUT2D eigenvalue weighted by Gasteiger charge is 2.41. The fraction of sp³-hybridized carbons (Fsp3) is 0.882. The van der Waals surface area contributed by atoms with Crippen molar-refractivity contribution in [2.75, 3.05) is 6.54 Å². The Morgan fingerprint density at radius 2 is 1.71 bits per heavy atom. The molecule has 4 heteroatoms. The summed E-state index contributed by atoms with van der Waals surface area (Å²) in [4.78, 5) is 27.0. The van der Waals surface area contributed by atoms with Crippen LogP contribution < -0.4 is 5.32 Å². The fourth-order valence-electron chi connectivity index (χ4n) is 2.64. The molecule has 21 heavy (non-hydrogen) atoms. The Kier molecular flexibility index (Phi) is 5.83. The number of carbonyl (C=O) groups excluding carboxylic acids is 2. The minimum Gasteiger partial charge on any atom is -0.342 e. The van der Waals surface area contributed by atoms with Crippen molar-refractivity contribution in [3.8, 4) is 0 Å². The van der Waals surface area contributed by atoms with Crippen molar-refractivity contribution in [3.05, 3.63) is 0 Å². The van der Waals surface area contributed by atoms with Crippen LogP contribution in [-0.2, 0) is 9.59 Å². The Balaban J connectivity index is 2.94. The van der Waals surface area contributed by atoms with E-state index in [1.165, 1.54) is 0 Å². The van der Waals surface area contributed by atoms with E-state index in [1.807, 2.05) is 18.7 Å². The summed E-state index contributed by atoms with van der Waals surface area (Å²) < 4.78 is 0. The lowest BCUT2D eigenvalue weighted by molar-refractivity contribution is -0.151. The van der Waals surface area contributed by atoms with Gasteiger partial charge in [-0.3, -0.25) is 9.59 Å². The zero-order valence-electron chi connectivity index (χ0n) is 14.7. The van der Waals surface area contributed by atoms with Crippen LogP contribution in [0.3, 0.4) is 0 Å². The molecular weight excluding hydrogens is 264 g/mol. The molecule has 1 N–H and O–H groups in total. The van der Waals surface area contributed by atoms with Crippen molar-refractivity contribution in [1.29, 1.82) is 0 Å². The quantitative estimate of drug-likeness (QED) is 0.848. The zero-order chi connectivity index (χ0) is 16.4. The third kappa shape index (κ3) is 5.01. The monoisotopic (exact) mass is 296 g/mol. The number of amides is 2.